The summed E-state index contributed by atoms with van der Waals surface area (Å²) in [5.74, 6) is -0.714. The molecule has 0 radical (unpaired) electrons. The Bertz CT molecular complexity index is 559. The molecular weight excluding hydrogens is 294 g/mol. The van der Waals surface area contributed by atoms with Crippen molar-refractivity contribution in [2.24, 2.45) is 28.0 Å². The zero-order valence-electron chi connectivity index (χ0n) is 14.6. The number of imide groups is 1. The number of carbonyl (C=O) groups excluding carboxylic acids is 2. The summed E-state index contributed by atoms with van der Waals surface area (Å²) in [5.41, 5.74) is 6.37. The Balaban J connectivity index is 2.67. The number of hydrogen-bond acceptors (Lipinski definition) is 3. The minimum atomic E-state index is -0.373. The maximum atomic E-state index is 11.9. The molecule has 0 aromatic heterocycles. The summed E-state index contributed by atoms with van der Waals surface area (Å²) >= 11 is 0. The normalized spacial score (nSPS) is 20.8. The number of amides is 2. The number of likely N-dealkylation sites (tertiary alicyclic amines) is 1. The van der Waals surface area contributed by atoms with Gasteiger partial charge in [0.2, 0.25) is 11.8 Å². The molecular formula is C16H28N5O2+. The number of hydrogen-bond donors (Lipinski definition) is 3. The van der Waals surface area contributed by atoms with Crippen LogP contribution in [-0.2, 0) is 9.59 Å². The minimum absolute atomic E-state index is 0.0457. The highest BCUT2D eigenvalue weighted by Gasteiger charge is 2.36. The Morgan fingerprint density at radius 2 is 2.04 bits per heavy atom. The second-order valence-electron chi connectivity index (χ2n) is 7.29. The fraction of sp³-hybridized carbons (Fsp3) is 0.688. The molecule has 1 aliphatic heterocycles. The third-order valence-electron chi connectivity index (χ3n) is 3.99. The topological polar surface area (TPSA) is 125 Å². The fourth-order valence-corrected chi connectivity index (χ4v) is 2.17. The van der Waals surface area contributed by atoms with Gasteiger partial charge in [-0.3, -0.25) is 25.3 Å². The van der Waals surface area contributed by atoms with Gasteiger partial charge in [0.05, 0.1) is 6.42 Å². The number of rotatable bonds is 5. The Morgan fingerprint density at radius 3 is 2.48 bits per heavy atom. The molecule has 5 N–H and O–H groups in total. The van der Waals surface area contributed by atoms with E-state index in [2.05, 4.69) is 4.99 Å². The molecule has 2 amide bonds. The van der Waals surface area contributed by atoms with Gasteiger partial charge in [-0.05, 0) is 0 Å². The maximum Gasteiger partial charge on any atom is 0.232 e. The molecule has 0 saturated carbocycles. The summed E-state index contributed by atoms with van der Waals surface area (Å²) in [7, 11) is 0. The first-order valence-electron chi connectivity index (χ1n) is 7.81. The van der Waals surface area contributed by atoms with Crippen molar-refractivity contribution >= 4 is 29.2 Å². The lowest BCUT2D eigenvalue weighted by Crippen LogP contribution is -2.49. The van der Waals surface area contributed by atoms with Crippen LogP contribution in [0, 0.1) is 22.7 Å². The van der Waals surface area contributed by atoms with Crippen LogP contribution in [0.4, 0.5) is 0 Å². The van der Waals surface area contributed by atoms with Crippen molar-refractivity contribution in [3.05, 3.63) is 0 Å². The molecule has 7 heteroatoms. The average molecular weight is 322 g/mol. The summed E-state index contributed by atoms with van der Waals surface area (Å²) in [6, 6.07) is 0. The molecule has 128 valence electrons. The minimum Gasteiger partial charge on any atom is -0.387 e. The van der Waals surface area contributed by atoms with Crippen LogP contribution in [0.15, 0.2) is 4.99 Å². The van der Waals surface area contributed by atoms with Gasteiger partial charge in [0.1, 0.15) is 11.7 Å². The lowest BCUT2D eigenvalue weighted by atomic mass is 9.88. The molecule has 2 unspecified atom stereocenters. The monoisotopic (exact) mass is 322 g/mol. The summed E-state index contributed by atoms with van der Waals surface area (Å²) in [4.78, 5) is 29.0. The second kappa shape index (κ2) is 7.02. The maximum absolute atomic E-state index is 11.9. The Morgan fingerprint density at radius 1 is 1.48 bits per heavy atom. The molecule has 23 heavy (non-hydrogen) atoms. The number of carbonyl (C=O) groups is 2. The van der Waals surface area contributed by atoms with Crippen molar-refractivity contribution in [3.8, 4) is 0 Å². The van der Waals surface area contributed by atoms with Crippen LogP contribution >= 0.6 is 0 Å². The molecule has 0 aromatic rings. The van der Waals surface area contributed by atoms with E-state index in [0.717, 1.165) is 0 Å². The molecule has 2 atom stereocenters. The summed E-state index contributed by atoms with van der Waals surface area (Å²) in [6.07, 6.45) is 0.554. The molecule has 7 nitrogen and oxygen atoms in total. The van der Waals surface area contributed by atoms with Crippen molar-refractivity contribution < 1.29 is 15.0 Å². The third kappa shape index (κ3) is 4.97. The van der Waals surface area contributed by atoms with Gasteiger partial charge in [-0.15, -0.1) is 0 Å². The standard InChI is InChI=1S/C16H27N5O2/c1-9-6-13(22)21(15(9)23)8-10(2)14(19)20-12(18)7-11(17)16(3,4)5/h9-10,17H,6-8H2,1-5H3,(H3,18,19,20)/p+1. The Labute approximate surface area is 137 Å². The van der Waals surface area contributed by atoms with Crippen LogP contribution in [0.3, 0.4) is 0 Å². The molecule has 0 aromatic carbocycles. The van der Waals surface area contributed by atoms with Gasteiger partial charge in [-0.1, -0.05) is 34.6 Å². The SMILES string of the molecule is CC(CN1C(=O)CC(C)C1=O)C(=N)N=C(N)CC(=[NH2+])C(C)(C)C. The van der Waals surface area contributed by atoms with Crippen LogP contribution in [0.1, 0.15) is 47.5 Å². The lowest BCUT2D eigenvalue weighted by Gasteiger charge is -2.19. The zero-order chi connectivity index (χ0) is 17.9. The van der Waals surface area contributed by atoms with E-state index >= 15 is 0 Å². The van der Waals surface area contributed by atoms with Gasteiger partial charge in [0, 0.05) is 30.2 Å². The van der Waals surface area contributed by atoms with Crippen molar-refractivity contribution in [3.63, 3.8) is 0 Å². The van der Waals surface area contributed by atoms with Gasteiger partial charge >= 0.3 is 0 Å². The van der Waals surface area contributed by atoms with E-state index in [4.69, 9.17) is 16.6 Å². The highest BCUT2D eigenvalue weighted by molar-refractivity contribution is 6.07. The smallest absolute Gasteiger partial charge is 0.232 e. The zero-order valence-corrected chi connectivity index (χ0v) is 14.6. The van der Waals surface area contributed by atoms with Gasteiger partial charge in [0.15, 0.2) is 5.71 Å². The number of nitrogens with zero attached hydrogens (tertiary/aromatic N) is 2. The van der Waals surface area contributed by atoms with E-state index in [1.165, 1.54) is 4.90 Å². The van der Waals surface area contributed by atoms with E-state index in [-0.39, 0.29) is 53.7 Å². The summed E-state index contributed by atoms with van der Waals surface area (Å²) < 4.78 is 0. The van der Waals surface area contributed by atoms with Crippen LogP contribution in [-0.4, -0.2) is 40.6 Å². The summed E-state index contributed by atoms with van der Waals surface area (Å²) in [6.45, 7) is 9.59. The van der Waals surface area contributed by atoms with Crippen molar-refractivity contribution in [2.45, 2.75) is 47.5 Å². The van der Waals surface area contributed by atoms with E-state index in [1.807, 2.05) is 20.8 Å². The molecule has 1 aliphatic rings. The molecule has 1 saturated heterocycles. The number of amidine groups is 2. The Kier molecular flexibility index (Phi) is 5.80. The first-order chi connectivity index (χ1) is 10.4. The molecule has 1 heterocycles. The first-order valence-corrected chi connectivity index (χ1v) is 7.81. The molecule has 0 spiro atoms. The first kappa shape index (κ1) is 19.0. The van der Waals surface area contributed by atoms with Gasteiger partial charge in [0.25, 0.3) is 0 Å². The Hall–Kier alpha value is -2.05. The average Bonchev–Trinajstić information content (AvgIpc) is 2.63. The van der Waals surface area contributed by atoms with Crippen molar-refractivity contribution in [2.75, 3.05) is 6.54 Å². The van der Waals surface area contributed by atoms with Gasteiger partial charge in [-0.2, -0.15) is 0 Å². The highest BCUT2D eigenvalue weighted by atomic mass is 16.2. The predicted molar refractivity (Wildman–Crippen MR) is 90.0 cm³/mol. The number of nitrogens with two attached hydrogens (primary N) is 2. The van der Waals surface area contributed by atoms with E-state index in [0.29, 0.717) is 12.1 Å². The van der Waals surface area contributed by atoms with Crippen molar-refractivity contribution in [1.82, 2.24) is 4.90 Å². The van der Waals surface area contributed by atoms with E-state index in [1.54, 1.807) is 13.8 Å². The fourth-order valence-electron chi connectivity index (χ4n) is 2.17. The van der Waals surface area contributed by atoms with Crippen LogP contribution in [0.5, 0.6) is 0 Å². The second-order valence-corrected chi connectivity index (χ2v) is 7.29. The van der Waals surface area contributed by atoms with Gasteiger partial charge in [-0.25, -0.2) is 4.99 Å². The number of aliphatic imine (C=N–C) groups is 1. The molecule has 1 fully saturated rings. The summed E-state index contributed by atoms with van der Waals surface area (Å²) in [5, 5.41) is 14.0. The number of nitrogens with one attached hydrogen (secondary N) is 1. The molecule has 0 aliphatic carbocycles. The highest BCUT2D eigenvalue weighted by Crippen LogP contribution is 2.20. The lowest BCUT2D eigenvalue weighted by molar-refractivity contribution is -0.139. The third-order valence-corrected chi connectivity index (χ3v) is 3.99. The predicted octanol–water partition coefficient (Wildman–Crippen LogP) is -0.0117. The van der Waals surface area contributed by atoms with Gasteiger partial charge < -0.3 is 5.73 Å². The van der Waals surface area contributed by atoms with Crippen molar-refractivity contribution in [1.29, 1.82) is 5.41 Å². The van der Waals surface area contributed by atoms with Crippen LogP contribution in [0.2, 0.25) is 0 Å². The quantitative estimate of drug-likeness (QED) is 0.374. The largest absolute Gasteiger partial charge is 0.387 e. The molecule has 1 rings (SSSR count). The van der Waals surface area contributed by atoms with Crippen LogP contribution in [0.25, 0.3) is 0 Å². The van der Waals surface area contributed by atoms with E-state index < -0.39 is 0 Å². The van der Waals surface area contributed by atoms with E-state index in [9.17, 15) is 9.59 Å². The van der Waals surface area contributed by atoms with Crippen LogP contribution < -0.4 is 11.1 Å². The molecule has 0 bridgehead atoms.